The van der Waals surface area contributed by atoms with Gasteiger partial charge in [-0.05, 0) is 21.0 Å². The molecule has 0 unspecified atom stereocenters. The van der Waals surface area contributed by atoms with Gasteiger partial charge in [0.1, 0.15) is 0 Å². The normalized spacial score (nSPS) is 12.7. The van der Waals surface area contributed by atoms with Crippen LogP contribution in [-0.2, 0) is 22.6 Å². The predicted octanol–water partition coefficient (Wildman–Crippen LogP) is 0.0958. The Hall–Kier alpha value is -1.40. The minimum atomic E-state index is -0.139. The van der Waals surface area contributed by atoms with Crippen LogP contribution in [0.25, 0.3) is 0 Å². The van der Waals surface area contributed by atoms with Crippen molar-refractivity contribution in [2.45, 2.75) is 26.1 Å². The number of rotatable bonds is 7. The maximum Gasteiger partial charge on any atom is 0.237 e. The molecule has 0 radical (unpaired) electrons. The van der Waals surface area contributed by atoms with Gasteiger partial charge in [0.2, 0.25) is 5.91 Å². The van der Waals surface area contributed by atoms with Gasteiger partial charge in [-0.1, -0.05) is 0 Å². The summed E-state index contributed by atoms with van der Waals surface area (Å²) in [5.41, 5.74) is 0.978. The summed E-state index contributed by atoms with van der Waals surface area (Å²) < 4.78 is 7.00. The maximum atomic E-state index is 11.8. The Morgan fingerprint density at radius 1 is 1.61 bits per heavy atom. The van der Waals surface area contributed by atoms with Gasteiger partial charge < -0.3 is 14.6 Å². The summed E-state index contributed by atoms with van der Waals surface area (Å²) >= 11 is 0. The van der Waals surface area contributed by atoms with Crippen molar-refractivity contribution < 1.29 is 9.53 Å². The number of amides is 1. The second kappa shape index (κ2) is 7.13. The summed E-state index contributed by atoms with van der Waals surface area (Å²) in [6.07, 6.45) is 3.51. The Kier molecular flexibility index (Phi) is 5.80. The van der Waals surface area contributed by atoms with Gasteiger partial charge >= 0.3 is 0 Å². The van der Waals surface area contributed by atoms with Crippen molar-refractivity contribution in [3.05, 3.63) is 18.2 Å². The number of nitrogens with one attached hydrogen (secondary N) is 1. The van der Waals surface area contributed by atoms with Gasteiger partial charge in [0.05, 0.1) is 31.2 Å². The van der Waals surface area contributed by atoms with Gasteiger partial charge in [0.25, 0.3) is 0 Å². The van der Waals surface area contributed by atoms with E-state index in [1.807, 2.05) is 30.5 Å². The van der Waals surface area contributed by atoms with Crippen molar-refractivity contribution >= 4 is 5.91 Å². The van der Waals surface area contributed by atoms with Gasteiger partial charge in [0, 0.05) is 19.9 Å². The SMILES string of the molecule is COCCn1cncc1CNC(=O)[C@H](C)N(C)C. The molecule has 1 atom stereocenters. The van der Waals surface area contributed by atoms with E-state index < -0.39 is 0 Å². The highest BCUT2D eigenvalue weighted by Gasteiger charge is 2.14. The van der Waals surface area contributed by atoms with E-state index in [4.69, 9.17) is 4.74 Å². The lowest BCUT2D eigenvalue weighted by molar-refractivity contribution is -0.125. The largest absolute Gasteiger partial charge is 0.383 e. The van der Waals surface area contributed by atoms with Gasteiger partial charge in [-0.2, -0.15) is 0 Å². The van der Waals surface area contributed by atoms with Crippen molar-refractivity contribution in [3.8, 4) is 0 Å². The number of imidazole rings is 1. The molecule has 18 heavy (non-hydrogen) atoms. The van der Waals surface area contributed by atoms with Crippen LogP contribution in [0.15, 0.2) is 12.5 Å². The van der Waals surface area contributed by atoms with Gasteiger partial charge in [-0.15, -0.1) is 0 Å². The second-order valence-electron chi connectivity index (χ2n) is 4.43. The summed E-state index contributed by atoms with van der Waals surface area (Å²) in [5.74, 6) is 0.0134. The first-order valence-electron chi connectivity index (χ1n) is 5.98. The molecule has 102 valence electrons. The van der Waals surface area contributed by atoms with Crippen molar-refractivity contribution in [2.24, 2.45) is 0 Å². The molecular weight excluding hydrogens is 232 g/mol. The first kappa shape index (κ1) is 14.7. The molecule has 0 aromatic carbocycles. The molecule has 6 nitrogen and oxygen atoms in total. The van der Waals surface area contributed by atoms with Crippen LogP contribution < -0.4 is 5.32 Å². The third kappa shape index (κ3) is 4.12. The highest BCUT2D eigenvalue weighted by molar-refractivity contribution is 5.81. The third-order valence-corrected chi connectivity index (χ3v) is 2.93. The molecule has 1 aromatic heterocycles. The number of methoxy groups -OCH3 is 1. The number of carbonyl (C=O) groups excluding carboxylic acids is 1. The maximum absolute atomic E-state index is 11.8. The zero-order valence-corrected chi connectivity index (χ0v) is 11.5. The summed E-state index contributed by atoms with van der Waals surface area (Å²) in [5, 5.41) is 2.90. The van der Waals surface area contributed by atoms with E-state index in [-0.39, 0.29) is 11.9 Å². The van der Waals surface area contributed by atoms with Gasteiger partial charge in [-0.25, -0.2) is 4.98 Å². The number of hydrogen-bond acceptors (Lipinski definition) is 4. The predicted molar refractivity (Wildman–Crippen MR) is 69.1 cm³/mol. The summed E-state index contributed by atoms with van der Waals surface area (Å²) in [4.78, 5) is 17.7. The molecule has 6 heteroatoms. The van der Waals surface area contributed by atoms with Crippen LogP contribution in [0.1, 0.15) is 12.6 Å². The third-order valence-electron chi connectivity index (χ3n) is 2.93. The summed E-state index contributed by atoms with van der Waals surface area (Å²) in [6, 6.07) is -0.139. The zero-order chi connectivity index (χ0) is 13.5. The van der Waals surface area contributed by atoms with Crippen LogP contribution >= 0.6 is 0 Å². The van der Waals surface area contributed by atoms with Crippen molar-refractivity contribution in [1.82, 2.24) is 19.8 Å². The first-order chi connectivity index (χ1) is 8.56. The molecule has 1 heterocycles. The van der Waals surface area contributed by atoms with E-state index in [0.717, 1.165) is 12.2 Å². The van der Waals surface area contributed by atoms with Crippen LogP contribution in [0, 0.1) is 0 Å². The van der Waals surface area contributed by atoms with Crippen molar-refractivity contribution in [3.63, 3.8) is 0 Å². The zero-order valence-electron chi connectivity index (χ0n) is 11.5. The Bertz CT molecular complexity index is 376. The Balaban J connectivity index is 2.48. The number of likely N-dealkylation sites (N-methyl/N-ethyl adjacent to an activating group) is 1. The van der Waals surface area contributed by atoms with Crippen LogP contribution in [0.2, 0.25) is 0 Å². The van der Waals surface area contributed by atoms with Crippen LogP contribution in [0.4, 0.5) is 0 Å². The number of hydrogen-bond donors (Lipinski definition) is 1. The first-order valence-corrected chi connectivity index (χ1v) is 5.98. The Morgan fingerprint density at radius 2 is 2.33 bits per heavy atom. The topological polar surface area (TPSA) is 59.4 Å². The molecular formula is C12H22N4O2. The molecule has 0 aliphatic heterocycles. The monoisotopic (exact) mass is 254 g/mol. The smallest absolute Gasteiger partial charge is 0.237 e. The molecule has 1 aromatic rings. The molecule has 0 saturated heterocycles. The van der Waals surface area contributed by atoms with E-state index in [0.29, 0.717) is 13.2 Å². The van der Waals surface area contributed by atoms with E-state index >= 15 is 0 Å². The Morgan fingerprint density at radius 3 is 2.94 bits per heavy atom. The average molecular weight is 254 g/mol. The van der Waals surface area contributed by atoms with Crippen LogP contribution in [0.5, 0.6) is 0 Å². The summed E-state index contributed by atoms with van der Waals surface area (Å²) in [6.45, 7) is 3.73. The lowest BCUT2D eigenvalue weighted by Gasteiger charge is -2.19. The molecule has 1 N–H and O–H groups in total. The number of nitrogens with zero attached hydrogens (tertiary/aromatic N) is 3. The minimum absolute atomic E-state index is 0.0134. The fourth-order valence-corrected chi connectivity index (χ4v) is 1.45. The number of ether oxygens (including phenoxy) is 1. The van der Waals surface area contributed by atoms with Crippen LogP contribution in [0.3, 0.4) is 0 Å². The van der Waals surface area contributed by atoms with Crippen molar-refractivity contribution in [1.29, 1.82) is 0 Å². The van der Waals surface area contributed by atoms with Crippen molar-refractivity contribution in [2.75, 3.05) is 27.8 Å². The van der Waals surface area contributed by atoms with E-state index in [1.54, 1.807) is 19.6 Å². The average Bonchev–Trinajstić information content (AvgIpc) is 2.79. The molecule has 0 aliphatic carbocycles. The fraction of sp³-hybridized carbons (Fsp3) is 0.667. The quantitative estimate of drug-likeness (QED) is 0.749. The minimum Gasteiger partial charge on any atom is -0.383 e. The van der Waals surface area contributed by atoms with Gasteiger partial charge in [-0.3, -0.25) is 9.69 Å². The Labute approximate surface area is 108 Å². The highest BCUT2D eigenvalue weighted by Crippen LogP contribution is 2.00. The van der Waals surface area contributed by atoms with E-state index in [1.165, 1.54) is 0 Å². The molecule has 1 amide bonds. The lowest BCUT2D eigenvalue weighted by Crippen LogP contribution is -2.41. The molecule has 0 saturated carbocycles. The summed E-state index contributed by atoms with van der Waals surface area (Å²) in [7, 11) is 5.43. The second-order valence-corrected chi connectivity index (χ2v) is 4.43. The molecule has 1 rings (SSSR count). The number of carbonyl (C=O) groups is 1. The molecule has 0 fully saturated rings. The molecule has 0 bridgehead atoms. The fourth-order valence-electron chi connectivity index (χ4n) is 1.45. The highest BCUT2D eigenvalue weighted by atomic mass is 16.5. The molecule has 0 spiro atoms. The van der Waals surface area contributed by atoms with E-state index in [9.17, 15) is 4.79 Å². The van der Waals surface area contributed by atoms with E-state index in [2.05, 4.69) is 10.3 Å². The lowest BCUT2D eigenvalue weighted by atomic mass is 10.3. The van der Waals surface area contributed by atoms with Crippen LogP contribution in [-0.4, -0.2) is 54.2 Å². The number of aromatic nitrogens is 2. The molecule has 0 aliphatic rings. The van der Waals surface area contributed by atoms with Gasteiger partial charge in [0.15, 0.2) is 0 Å². The standard InChI is InChI=1S/C12H22N4O2/c1-10(15(2)3)12(17)14-8-11-7-13-9-16(11)5-6-18-4/h7,9-10H,5-6,8H2,1-4H3,(H,14,17)/t10-/m0/s1.